The van der Waals surface area contributed by atoms with Crippen molar-refractivity contribution in [3.05, 3.63) is 116 Å². The molecule has 0 aliphatic heterocycles. The van der Waals surface area contributed by atoms with Gasteiger partial charge in [-0.3, -0.25) is 0 Å². The molecule has 62 heavy (non-hydrogen) atoms. The molecule has 4 atom stereocenters. The number of aryl methyl sites for hydroxylation is 2. The van der Waals surface area contributed by atoms with Crippen LogP contribution in [0.4, 0.5) is 0 Å². The molecule has 0 saturated heterocycles. The van der Waals surface area contributed by atoms with Crippen molar-refractivity contribution in [2.24, 2.45) is 0 Å². The van der Waals surface area contributed by atoms with Gasteiger partial charge in [0.15, 0.2) is 13.2 Å². The van der Waals surface area contributed by atoms with Gasteiger partial charge in [0.2, 0.25) is 0 Å². The van der Waals surface area contributed by atoms with Crippen molar-refractivity contribution < 1.29 is 57.8 Å². The lowest BCUT2D eigenvalue weighted by Crippen LogP contribution is -2.39. The van der Waals surface area contributed by atoms with Crippen LogP contribution in [0.2, 0.25) is 10.0 Å². The highest BCUT2D eigenvalue weighted by Crippen LogP contribution is 2.32. The normalized spacial score (nSPS) is 16.5. The molecule has 4 aromatic carbocycles. The summed E-state index contributed by atoms with van der Waals surface area (Å²) in [6.45, 7) is 3.77. The topological polar surface area (TPSA) is 188 Å². The molecule has 2 unspecified atom stereocenters. The molecule has 0 amide bonds. The van der Waals surface area contributed by atoms with Gasteiger partial charge in [0.05, 0.1) is 23.3 Å². The van der Waals surface area contributed by atoms with Gasteiger partial charge in [-0.1, -0.05) is 47.5 Å². The van der Waals surface area contributed by atoms with Gasteiger partial charge in [-0.05, 0) is 134 Å². The van der Waals surface area contributed by atoms with Crippen LogP contribution in [0.3, 0.4) is 0 Å². The van der Waals surface area contributed by atoms with E-state index in [0.29, 0.717) is 35.5 Å². The Bertz CT molecular complexity index is 2080. The molecular weight excluding hydrogens is 843 g/mol. The first-order valence-corrected chi connectivity index (χ1v) is 21.3. The zero-order valence-electron chi connectivity index (χ0n) is 34.5. The Morgan fingerprint density at radius 1 is 0.613 bits per heavy atom. The fourth-order valence-electron chi connectivity index (χ4n) is 7.49. The van der Waals surface area contributed by atoms with Crippen molar-refractivity contribution >= 4 is 47.1 Å². The van der Waals surface area contributed by atoms with Gasteiger partial charge < -0.3 is 49.3 Å². The summed E-state index contributed by atoms with van der Waals surface area (Å²) in [6.07, 6.45) is 2.29. The first-order chi connectivity index (χ1) is 29.9. The third kappa shape index (κ3) is 12.8. The van der Waals surface area contributed by atoms with Crippen molar-refractivity contribution in [1.29, 1.82) is 0 Å². The van der Waals surface area contributed by atoms with Gasteiger partial charge >= 0.3 is 23.9 Å². The van der Waals surface area contributed by atoms with Gasteiger partial charge in [0.1, 0.15) is 35.2 Å². The maximum atomic E-state index is 13.6. The number of phenols is 2. The second kappa shape index (κ2) is 22.0. The van der Waals surface area contributed by atoms with E-state index in [9.17, 15) is 29.4 Å². The molecule has 0 spiro atoms. The number of hydrogen-bond donors (Lipinski definition) is 4. The SMILES string of the molecule is CCOC(=O)COc1ccc2c(c1)CC(NC[C@@H](OC(=O)C(=O)O[C@H](CNC1CCc3ccc(OCC(=O)OCC)cc3C1)c1ccc(O)c(Cl)c1)c1ccc(O)c(Cl)c1)CC2. The van der Waals surface area contributed by atoms with Crippen LogP contribution in [0, 0.1) is 0 Å². The summed E-state index contributed by atoms with van der Waals surface area (Å²) in [5.74, 6) is -2.66. The number of carbonyl (C=O) groups is 4. The summed E-state index contributed by atoms with van der Waals surface area (Å²) in [5, 5.41) is 27.3. The number of aromatic hydroxyl groups is 2. The van der Waals surface area contributed by atoms with Crippen molar-refractivity contribution in [1.82, 2.24) is 10.6 Å². The van der Waals surface area contributed by atoms with Crippen LogP contribution in [0.1, 0.15) is 72.3 Å². The number of phenolic OH excluding ortho intramolecular Hbond substituents is 2. The van der Waals surface area contributed by atoms with Gasteiger partial charge in [-0.2, -0.15) is 0 Å². The highest BCUT2D eigenvalue weighted by molar-refractivity contribution is 6.32. The van der Waals surface area contributed by atoms with Gasteiger partial charge in [-0.15, -0.1) is 0 Å². The Balaban J connectivity index is 1.11. The number of ether oxygens (including phenoxy) is 6. The van der Waals surface area contributed by atoms with E-state index in [4.69, 9.17) is 51.6 Å². The lowest BCUT2D eigenvalue weighted by Gasteiger charge is -2.29. The average Bonchev–Trinajstić information content (AvgIpc) is 3.26. The Hall–Kier alpha value is -5.54. The second-order valence-electron chi connectivity index (χ2n) is 15.0. The molecule has 0 bridgehead atoms. The lowest BCUT2D eigenvalue weighted by molar-refractivity contribution is -0.174. The standard InChI is InChI=1S/C46H50Cl2N2O12/c1-3-57-43(53)25-59-35-13-7-27-5-11-33(17-31(27)19-35)49-23-41(29-9-15-39(51)37(47)21-29)61-45(55)46(56)62-42(30-10-16-40(52)38(48)22-30)24-50-34-12-6-28-8-14-36(20-32(28)18-34)60-26-44(54)58-4-2/h7-10,13-16,19-22,33-34,41-42,49-52H,3-6,11-12,17-18,23-26H2,1-2H3/t33?,34?,41-,42-/m1/s1. The molecule has 330 valence electrons. The molecule has 0 heterocycles. The minimum absolute atomic E-state index is 0.0363. The number of nitrogens with one attached hydrogen (secondary N) is 2. The largest absolute Gasteiger partial charge is 0.506 e. The fraction of sp³-hybridized carbons (Fsp3) is 0.391. The molecule has 0 radical (unpaired) electrons. The Morgan fingerprint density at radius 2 is 1.03 bits per heavy atom. The van der Waals surface area contributed by atoms with E-state index in [0.717, 1.165) is 47.9 Å². The van der Waals surface area contributed by atoms with Crippen molar-refractivity contribution in [2.75, 3.05) is 39.5 Å². The molecule has 2 aliphatic rings. The van der Waals surface area contributed by atoms with Crippen LogP contribution in [0.5, 0.6) is 23.0 Å². The first kappa shape index (κ1) is 46.0. The quantitative estimate of drug-likeness (QED) is 0.0485. The van der Waals surface area contributed by atoms with E-state index < -0.39 is 36.1 Å². The molecule has 2 aliphatic carbocycles. The zero-order chi connectivity index (χ0) is 44.2. The third-order valence-electron chi connectivity index (χ3n) is 10.7. The van der Waals surface area contributed by atoms with E-state index in [1.807, 2.05) is 36.4 Å². The van der Waals surface area contributed by atoms with Crippen LogP contribution < -0.4 is 20.1 Å². The number of fused-ring (bicyclic) bond motifs is 2. The Labute approximate surface area is 369 Å². The average molecular weight is 894 g/mol. The maximum Gasteiger partial charge on any atom is 0.418 e. The summed E-state index contributed by atoms with van der Waals surface area (Å²) < 4.78 is 32.8. The van der Waals surface area contributed by atoms with Crippen molar-refractivity contribution in [3.8, 4) is 23.0 Å². The second-order valence-corrected chi connectivity index (χ2v) is 15.8. The van der Waals surface area contributed by atoms with Crippen molar-refractivity contribution in [2.45, 2.75) is 76.7 Å². The monoisotopic (exact) mass is 892 g/mol. The van der Waals surface area contributed by atoms with E-state index in [-0.39, 0.29) is 73.1 Å². The minimum atomic E-state index is -1.25. The lowest BCUT2D eigenvalue weighted by atomic mass is 9.88. The number of carbonyl (C=O) groups excluding carboxylic acids is 4. The predicted molar refractivity (Wildman–Crippen MR) is 229 cm³/mol. The highest BCUT2D eigenvalue weighted by atomic mass is 35.5. The molecule has 0 saturated carbocycles. The smallest absolute Gasteiger partial charge is 0.418 e. The zero-order valence-corrected chi connectivity index (χ0v) is 36.0. The van der Waals surface area contributed by atoms with Crippen LogP contribution in [0.25, 0.3) is 0 Å². The summed E-state index contributed by atoms with van der Waals surface area (Å²) in [4.78, 5) is 50.8. The molecular formula is C46H50Cl2N2O12. The predicted octanol–water partition coefficient (Wildman–Crippen LogP) is 6.45. The summed E-state index contributed by atoms with van der Waals surface area (Å²) in [6, 6.07) is 20.1. The number of halogens is 2. The van der Waals surface area contributed by atoms with Crippen molar-refractivity contribution in [3.63, 3.8) is 0 Å². The molecule has 16 heteroatoms. The van der Waals surface area contributed by atoms with Crippen LogP contribution in [0.15, 0.2) is 72.8 Å². The van der Waals surface area contributed by atoms with Gasteiger partial charge in [-0.25, -0.2) is 19.2 Å². The maximum absolute atomic E-state index is 13.6. The third-order valence-corrected chi connectivity index (χ3v) is 11.3. The molecule has 6 rings (SSSR count). The Kier molecular flexibility index (Phi) is 16.3. The summed E-state index contributed by atoms with van der Waals surface area (Å²) in [5.41, 5.74) is 5.25. The number of rotatable bonds is 18. The number of benzene rings is 4. The minimum Gasteiger partial charge on any atom is -0.506 e. The van der Waals surface area contributed by atoms with Crippen LogP contribution in [-0.4, -0.2) is 85.7 Å². The first-order valence-electron chi connectivity index (χ1n) is 20.5. The van der Waals surface area contributed by atoms with E-state index >= 15 is 0 Å². The van der Waals surface area contributed by atoms with Gasteiger partial charge in [0, 0.05) is 25.2 Å². The molecule has 4 N–H and O–H groups in total. The summed E-state index contributed by atoms with van der Waals surface area (Å²) in [7, 11) is 0. The number of esters is 4. The highest BCUT2D eigenvalue weighted by Gasteiger charge is 2.30. The molecule has 4 aromatic rings. The number of hydrogen-bond acceptors (Lipinski definition) is 14. The van der Waals surface area contributed by atoms with E-state index in [1.165, 1.54) is 24.3 Å². The van der Waals surface area contributed by atoms with Gasteiger partial charge in [0.25, 0.3) is 0 Å². The fourth-order valence-corrected chi connectivity index (χ4v) is 7.87. The van der Waals surface area contributed by atoms with Crippen LogP contribution >= 0.6 is 23.2 Å². The van der Waals surface area contributed by atoms with Crippen LogP contribution in [-0.2, 0) is 63.8 Å². The summed E-state index contributed by atoms with van der Waals surface area (Å²) >= 11 is 12.5. The molecule has 0 aromatic heterocycles. The molecule has 0 fully saturated rings. The van der Waals surface area contributed by atoms with E-state index in [2.05, 4.69) is 10.6 Å². The van der Waals surface area contributed by atoms with E-state index in [1.54, 1.807) is 26.0 Å². The molecule has 14 nitrogen and oxygen atoms in total. The Morgan fingerprint density at radius 3 is 1.42 bits per heavy atom.